The maximum absolute atomic E-state index is 12.2. The molecule has 0 saturated heterocycles. The molecule has 2 aliphatic rings. The van der Waals surface area contributed by atoms with Gasteiger partial charge in [0.2, 0.25) is 0 Å². The molecule has 21 heavy (non-hydrogen) atoms. The maximum atomic E-state index is 12.2. The van der Waals surface area contributed by atoms with Crippen molar-refractivity contribution in [2.75, 3.05) is 12.9 Å². The number of carbonyl (C=O) groups excluding carboxylic acids is 1. The van der Waals surface area contributed by atoms with E-state index in [0.29, 0.717) is 23.6 Å². The minimum Gasteiger partial charge on any atom is -0.396 e. The molecule has 122 valence electrons. The largest absolute Gasteiger partial charge is 0.396 e. The van der Waals surface area contributed by atoms with Crippen molar-refractivity contribution in [2.45, 2.75) is 75.1 Å². The third kappa shape index (κ3) is 5.37. The van der Waals surface area contributed by atoms with Crippen LogP contribution >= 0.6 is 11.8 Å². The summed E-state index contributed by atoms with van der Waals surface area (Å²) in [5.74, 6) is 0.541. The summed E-state index contributed by atoms with van der Waals surface area (Å²) >= 11 is 1.90. The van der Waals surface area contributed by atoms with Crippen LogP contribution in [0.3, 0.4) is 0 Å². The lowest BCUT2D eigenvalue weighted by Gasteiger charge is -2.31. The Morgan fingerprint density at radius 1 is 1.24 bits per heavy atom. The van der Waals surface area contributed by atoms with E-state index >= 15 is 0 Å². The van der Waals surface area contributed by atoms with E-state index < -0.39 is 0 Å². The standard InChI is InChI=1S/C16H30N2O2S/c1-21-14-8-7-13(11-14)17-16(20)18-15(9-10-19)12-5-3-2-4-6-12/h12-15,19H,2-11H2,1H3,(H2,17,18,20). The van der Waals surface area contributed by atoms with Crippen molar-refractivity contribution in [1.29, 1.82) is 0 Å². The van der Waals surface area contributed by atoms with Gasteiger partial charge in [-0.3, -0.25) is 0 Å². The van der Waals surface area contributed by atoms with Gasteiger partial charge in [-0.05, 0) is 50.7 Å². The van der Waals surface area contributed by atoms with Crippen molar-refractivity contribution in [3.05, 3.63) is 0 Å². The molecule has 5 heteroatoms. The smallest absolute Gasteiger partial charge is 0.315 e. The van der Waals surface area contributed by atoms with E-state index in [1.165, 1.54) is 38.5 Å². The van der Waals surface area contributed by atoms with Gasteiger partial charge in [-0.1, -0.05) is 19.3 Å². The van der Waals surface area contributed by atoms with Gasteiger partial charge in [-0.15, -0.1) is 0 Å². The molecule has 2 rings (SSSR count). The summed E-state index contributed by atoms with van der Waals surface area (Å²) in [6, 6.07) is 0.419. The lowest BCUT2D eigenvalue weighted by atomic mass is 9.83. The van der Waals surface area contributed by atoms with Crippen LogP contribution in [-0.4, -0.2) is 41.3 Å². The van der Waals surface area contributed by atoms with Crippen LogP contribution in [0.25, 0.3) is 0 Å². The highest BCUT2D eigenvalue weighted by atomic mass is 32.2. The number of carbonyl (C=O) groups is 1. The molecule has 0 aromatic rings. The minimum absolute atomic E-state index is 0.0363. The summed E-state index contributed by atoms with van der Waals surface area (Å²) in [6.07, 6.45) is 12.4. The Hall–Kier alpha value is -0.420. The van der Waals surface area contributed by atoms with Gasteiger partial charge < -0.3 is 15.7 Å². The molecule has 0 heterocycles. The zero-order valence-electron chi connectivity index (χ0n) is 13.1. The normalized spacial score (nSPS) is 28.3. The van der Waals surface area contributed by atoms with Crippen molar-refractivity contribution in [2.24, 2.45) is 5.92 Å². The summed E-state index contributed by atoms with van der Waals surface area (Å²) in [5.41, 5.74) is 0. The van der Waals surface area contributed by atoms with Crippen LogP contribution in [0.15, 0.2) is 0 Å². The van der Waals surface area contributed by atoms with Gasteiger partial charge in [-0.25, -0.2) is 4.79 Å². The molecule has 2 saturated carbocycles. The molecule has 0 aromatic carbocycles. The Labute approximate surface area is 132 Å². The maximum Gasteiger partial charge on any atom is 0.315 e. The van der Waals surface area contributed by atoms with Gasteiger partial charge in [0.25, 0.3) is 0 Å². The van der Waals surface area contributed by atoms with Crippen LogP contribution in [0, 0.1) is 5.92 Å². The van der Waals surface area contributed by atoms with E-state index in [2.05, 4.69) is 16.9 Å². The fraction of sp³-hybridized carbons (Fsp3) is 0.938. The summed E-state index contributed by atoms with van der Waals surface area (Å²) in [4.78, 5) is 12.2. The lowest BCUT2D eigenvalue weighted by molar-refractivity contribution is 0.195. The molecular weight excluding hydrogens is 284 g/mol. The first-order chi connectivity index (χ1) is 10.2. The van der Waals surface area contributed by atoms with Gasteiger partial charge in [-0.2, -0.15) is 11.8 Å². The van der Waals surface area contributed by atoms with Crippen molar-refractivity contribution in [3.8, 4) is 0 Å². The van der Waals surface area contributed by atoms with E-state index in [4.69, 9.17) is 0 Å². The zero-order chi connectivity index (χ0) is 15.1. The van der Waals surface area contributed by atoms with Gasteiger partial charge >= 0.3 is 6.03 Å². The first-order valence-corrected chi connectivity index (χ1v) is 9.72. The van der Waals surface area contributed by atoms with Crippen molar-refractivity contribution >= 4 is 17.8 Å². The average molecular weight is 314 g/mol. The third-order valence-corrected chi connectivity index (χ3v) is 6.12. The topological polar surface area (TPSA) is 61.4 Å². The third-order valence-electron chi connectivity index (χ3n) is 5.03. The number of nitrogens with one attached hydrogen (secondary N) is 2. The van der Waals surface area contributed by atoms with E-state index in [-0.39, 0.29) is 18.7 Å². The second-order valence-corrected chi connectivity index (χ2v) is 7.64. The Kier molecular flexibility index (Phi) is 7.17. The number of hydrogen-bond acceptors (Lipinski definition) is 3. The monoisotopic (exact) mass is 314 g/mol. The molecule has 0 bridgehead atoms. The number of aliphatic hydroxyl groups is 1. The molecule has 2 fully saturated rings. The first-order valence-electron chi connectivity index (χ1n) is 8.43. The van der Waals surface area contributed by atoms with E-state index in [0.717, 1.165) is 12.8 Å². The number of amides is 2. The quantitative estimate of drug-likeness (QED) is 0.706. The van der Waals surface area contributed by atoms with Gasteiger partial charge in [0, 0.05) is 23.9 Å². The second kappa shape index (κ2) is 8.89. The van der Waals surface area contributed by atoms with E-state index in [1.54, 1.807) is 0 Å². The van der Waals surface area contributed by atoms with Crippen molar-refractivity contribution < 1.29 is 9.90 Å². The zero-order valence-corrected chi connectivity index (χ0v) is 14.0. The van der Waals surface area contributed by atoms with Crippen LogP contribution in [0.2, 0.25) is 0 Å². The second-order valence-electron chi connectivity index (χ2n) is 6.50. The average Bonchev–Trinajstić information content (AvgIpc) is 2.95. The van der Waals surface area contributed by atoms with Gasteiger partial charge in [0.15, 0.2) is 0 Å². The fourth-order valence-corrected chi connectivity index (χ4v) is 4.58. The van der Waals surface area contributed by atoms with E-state index in [9.17, 15) is 9.90 Å². The molecule has 4 nitrogen and oxygen atoms in total. The molecule has 0 radical (unpaired) electrons. The molecule has 0 aromatic heterocycles. The fourth-order valence-electron chi connectivity index (χ4n) is 3.78. The van der Waals surface area contributed by atoms with Crippen LogP contribution in [-0.2, 0) is 0 Å². The predicted molar refractivity (Wildman–Crippen MR) is 88.7 cm³/mol. The molecule has 0 spiro atoms. The Morgan fingerprint density at radius 3 is 2.62 bits per heavy atom. The van der Waals surface area contributed by atoms with E-state index in [1.807, 2.05) is 11.8 Å². The number of hydrogen-bond donors (Lipinski definition) is 3. The van der Waals surface area contributed by atoms with Gasteiger partial charge in [0.1, 0.15) is 0 Å². The molecule has 2 amide bonds. The highest BCUT2D eigenvalue weighted by Crippen LogP contribution is 2.29. The predicted octanol–water partition coefficient (Wildman–Crippen LogP) is 2.90. The van der Waals surface area contributed by atoms with Crippen LogP contribution in [0.5, 0.6) is 0 Å². The van der Waals surface area contributed by atoms with Crippen molar-refractivity contribution in [1.82, 2.24) is 10.6 Å². The minimum atomic E-state index is -0.0363. The molecule has 3 unspecified atom stereocenters. The molecule has 3 N–H and O–H groups in total. The van der Waals surface area contributed by atoms with Crippen LogP contribution in [0.1, 0.15) is 57.8 Å². The summed E-state index contributed by atoms with van der Waals surface area (Å²) < 4.78 is 0. The van der Waals surface area contributed by atoms with Gasteiger partial charge in [0.05, 0.1) is 0 Å². The number of urea groups is 1. The first kappa shape index (κ1) is 16.9. The molecular formula is C16H30N2O2S. The summed E-state index contributed by atoms with van der Waals surface area (Å²) in [7, 11) is 0. The lowest BCUT2D eigenvalue weighted by Crippen LogP contribution is -2.48. The highest BCUT2D eigenvalue weighted by Gasteiger charge is 2.28. The summed E-state index contributed by atoms with van der Waals surface area (Å²) in [6.45, 7) is 0.152. The number of aliphatic hydroxyl groups excluding tert-OH is 1. The summed E-state index contributed by atoms with van der Waals surface area (Å²) in [5, 5.41) is 16.2. The molecule has 3 atom stereocenters. The Bertz CT molecular complexity index is 321. The van der Waals surface area contributed by atoms with Crippen LogP contribution < -0.4 is 10.6 Å². The van der Waals surface area contributed by atoms with Crippen LogP contribution in [0.4, 0.5) is 4.79 Å². The molecule has 0 aliphatic heterocycles. The Morgan fingerprint density at radius 2 is 2.00 bits per heavy atom. The Balaban J connectivity index is 1.77. The molecule has 2 aliphatic carbocycles. The number of rotatable bonds is 6. The number of thioether (sulfide) groups is 1. The SMILES string of the molecule is CSC1CCC(NC(=O)NC(CCO)C2CCCCC2)C1. The van der Waals surface area contributed by atoms with Crippen molar-refractivity contribution in [3.63, 3.8) is 0 Å². The highest BCUT2D eigenvalue weighted by molar-refractivity contribution is 7.99.